The SMILES string of the molecule is CCOC(C)(C)[C@H](CC(C)C)NC(=O)C(Cc1ccccc1)NC(=O)[C@H](CC(C)C)NC(=O)C(CCc1ccccc1)NC(=O)CN1CCOCC1. The maximum Gasteiger partial charge on any atom is 0.243 e. The van der Waals surface area contributed by atoms with Crippen molar-refractivity contribution in [3.8, 4) is 0 Å². The summed E-state index contributed by atoms with van der Waals surface area (Å²) in [6, 6.07) is 16.3. The van der Waals surface area contributed by atoms with Crippen LogP contribution in [0.15, 0.2) is 60.7 Å². The molecule has 0 aromatic heterocycles. The second-order valence-electron chi connectivity index (χ2n) is 15.2. The minimum atomic E-state index is -0.930. The summed E-state index contributed by atoms with van der Waals surface area (Å²) in [6.07, 6.45) is 2.22. The number of carbonyl (C=O) groups is 4. The smallest absolute Gasteiger partial charge is 0.243 e. The van der Waals surface area contributed by atoms with Gasteiger partial charge in [-0.2, -0.15) is 0 Å². The van der Waals surface area contributed by atoms with E-state index in [1.807, 2.05) is 100 Å². The number of rotatable bonds is 21. The van der Waals surface area contributed by atoms with Gasteiger partial charge >= 0.3 is 0 Å². The number of aryl methyl sites for hydroxylation is 1. The largest absolute Gasteiger partial charge is 0.379 e. The molecule has 3 rings (SSSR count). The van der Waals surface area contributed by atoms with Crippen LogP contribution in [0.2, 0.25) is 0 Å². The van der Waals surface area contributed by atoms with Gasteiger partial charge in [-0.25, -0.2) is 0 Å². The lowest BCUT2D eigenvalue weighted by molar-refractivity contribution is -0.135. The summed E-state index contributed by atoms with van der Waals surface area (Å²) in [4.78, 5) is 57.4. The van der Waals surface area contributed by atoms with Gasteiger partial charge < -0.3 is 30.7 Å². The molecule has 0 bridgehead atoms. The standard InChI is InChI=1S/C41H63N5O6/c1-8-52-41(6,7)36(26-30(4)5)45-40(50)35(27-32-17-13-10-14-18-32)44-39(49)34(25-29(2)3)43-38(48)33(20-19-31-15-11-9-12-16-31)42-37(47)28-46-21-23-51-24-22-46/h9-18,29-30,33-36H,8,19-28H2,1-7H3,(H,42,47)(H,43,48)(H,44,49)(H,45,50)/t33?,34-,35?,36-/m0/s1. The first-order valence-electron chi connectivity index (χ1n) is 19.0. The molecular weight excluding hydrogens is 658 g/mol. The first-order valence-corrected chi connectivity index (χ1v) is 19.0. The minimum absolute atomic E-state index is 0.0542. The number of amides is 4. The van der Waals surface area contributed by atoms with Gasteiger partial charge in [-0.05, 0) is 69.4 Å². The summed E-state index contributed by atoms with van der Waals surface area (Å²) >= 11 is 0. The van der Waals surface area contributed by atoms with Crippen LogP contribution < -0.4 is 21.3 Å². The molecule has 11 heteroatoms. The van der Waals surface area contributed by atoms with Crippen molar-refractivity contribution in [3.05, 3.63) is 71.8 Å². The van der Waals surface area contributed by atoms with Crippen molar-refractivity contribution in [2.45, 2.75) is 110 Å². The fraction of sp³-hybridized carbons (Fsp3) is 0.610. The molecule has 1 fully saturated rings. The molecule has 4 N–H and O–H groups in total. The van der Waals surface area contributed by atoms with Crippen molar-refractivity contribution < 1.29 is 28.7 Å². The highest BCUT2D eigenvalue weighted by Crippen LogP contribution is 2.22. The average Bonchev–Trinajstić information content (AvgIpc) is 3.10. The van der Waals surface area contributed by atoms with E-state index in [9.17, 15) is 19.2 Å². The van der Waals surface area contributed by atoms with Gasteiger partial charge in [0.2, 0.25) is 23.6 Å². The Morgan fingerprint density at radius 1 is 0.731 bits per heavy atom. The number of hydrogen-bond acceptors (Lipinski definition) is 7. The van der Waals surface area contributed by atoms with Crippen molar-refractivity contribution in [3.63, 3.8) is 0 Å². The van der Waals surface area contributed by atoms with Crippen LogP contribution in [0.25, 0.3) is 0 Å². The molecule has 0 radical (unpaired) electrons. The number of carbonyl (C=O) groups excluding carboxylic acids is 4. The Hall–Kier alpha value is -3.80. The molecule has 1 saturated heterocycles. The van der Waals surface area contributed by atoms with E-state index in [-0.39, 0.29) is 36.7 Å². The lowest BCUT2D eigenvalue weighted by Gasteiger charge is -2.37. The van der Waals surface area contributed by atoms with Gasteiger partial charge in [0.15, 0.2) is 0 Å². The highest BCUT2D eigenvalue weighted by molar-refractivity contribution is 5.94. The predicted octanol–water partition coefficient (Wildman–Crippen LogP) is 4.04. The third kappa shape index (κ3) is 15.0. The Bertz CT molecular complexity index is 1380. The molecule has 4 amide bonds. The van der Waals surface area contributed by atoms with Crippen LogP contribution in [-0.2, 0) is 41.5 Å². The molecule has 288 valence electrons. The van der Waals surface area contributed by atoms with E-state index < -0.39 is 35.5 Å². The zero-order valence-electron chi connectivity index (χ0n) is 32.4. The van der Waals surface area contributed by atoms with Crippen LogP contribution in [-0.4, -0.2) is 97.8 Å². The zero-order chi connectivity index (χ0) is 38.1. The maximum absolute atomic E-state index is 14.1. The lowest BCUT2D eigenvalue weighted by Crippen LogP contribution is -2.60. The van der Waals surface area contributed by atoms with Crippen LogP contribution >= 0.6 is 0 Å². The summed E-state index contributed by atoms with van der Waals surface area (Å²) in [7, 11) is 0. The molecule has 4 atom stereocenters. The van der Waals surface area contributed by atoms with E-state index in [2.05, 4.69) is 35.1 Å². The molecular formula is C41H63N5O6. The van der Waals surface area contributed by atoms with Crippen LogP contribution in [0, 0.1) is 11.8 Å². The number of hydrogen-bond donors (Lipinski definition) is 4. The molecule has 2 aromatic rings. The van der Waals surface area contributed by atoms with Crippen LogP contribution in [0.5, 0.6) is 0 Å². The number of morpholine rings is 1. The Balaban J connectivity index is 1.82. The van der Waals surface area contributed by atoms with E-state index in [0.29, 0.717) is 64.5 Å². The Morgan fingerprint density at radius 3 is 1.85 bits per heavy atom. The van der Waals surface area contributed by atoms with E-state index in [0.717, 1.165) is 11.1 Å². The van der Waals surface area contributed by atoms with E-state index in [1.165, 1.54) is 0 Å². The highest BCUT2D eigenvalue weighted by Gasteiger charge is 2.35. The van der Waals surface area contributed by atoms with Crippen molar-refractivity contribution in [2.75, 3.05) is 39.5 Å². The topological polar surface area (TPSA) is 138 Å². The molecule has 2 unspecified atom stereocenters. The summed E-state index contributed by atoms with van der Waals surface area (Å²) in [5, 5.41) is 12.1. The van der Waals surface area contributed by atoms with Gasteiger partial charge in [-0.15, -0.1) is 0 Å². The number of nitrogens with one attached hydrogen (secondary N) is 4. The average molecular weight is 722 g/mol. The number of ether oxygens (including phenoxy) is 2. The molecule has 1 heterocycles. The zero-order valence-corrected chi connectivity index (χ0v) is 32.4. The summed E-state index contributed by atoms with van der Waals surface area (Å²) < 4.78 is 11.5. The van der Waals surface area contributed by atoms with E-state index >= 15 is 0 Å². The quantitative estimate of drug-likeness (QED) is 0.153. The van der Waals surface area contributed by atoms with Crippen LogP contribution in [0.4, 0.5) is 0 Å². The summed E-state index contributed by atoms with van der Waals surface area (Å²) in [6.45, 7) is 17.1. The number of benzene rings is 2. The molecule has 2 aromatic carbocycles. The molecule has 0 saturated carbocycles. The molecule has 0 spiro atoms. The van der Waals surface area contributed by atoms with Gasteiger partial charge in [0.1, 0.15) is 18.1 Å². The van der Waals surface area contributed by atoms with E-state index in [4.69, 9.17) is 9.47 Å². The second-order valence-corrected chi connectivity index (χ2v) is 15.2. The number of nitrogens with zero attached hydrogens (tertiary/aromatic N) is 1. The molecule has 52 heavy (non-hydrogen) atoms. The highest BCUT2D eigenvalue weighted by atomic mass is 16.5. The molecule has 1 aliphatic heterocycles. The third-order valence-electron chi connectivity index (χ3n) is 9.32. The Kier molecular flexibility index (Phi) is 17.7. The minimum Gasteiger partial charge on any atom is -0.379 e. The Labute approximate surface area is 311 Å². The maximum atomic E-state index is 14.1. The van der Waals surface area contributed by atoms with Gasteiger partial charge in [-0.3, -0.25) is 24.1 Å². The predicted molar refractivity (Wildman–Crippen MR) is 205 cm³/mol. The fourth-order valence-electron chi connectivity index (χ4n) is 6.47. The first-order chi connectivity index (χ1) is 24.8. The van der Waals surface area contributed by atoms with Gasteiger partial charge in [0, 0.05) is 26.1 Å². The van der Waals surface area contributed by atoms with Gasteiger partial charge in [0.25, 0.3) is 0 Å². The lowest BCUT2D eigenvalue weighted by atomic mass is 9.90. The third-order valence-corrected chi connectivity index (χ3v) is 9.32. The van der Waals surface area contributed by atoms with Gasteiger partial charge in [-0.1, -0.05) is 88.4 Å². The van der Waals surface area contributed by atoms with Crippen molar-refractivity contribution in [2.24, 2.45) is 11.8 Å². The van der Waals surface area contributed by atoms with Crippen LogP contribution in [0.1, 0.15) is 78.9 Å². The summed E-state index contributed by atoms with van der Waals surface area (Å²) in [5.41, 5.74) is 1.29. The first kappa shape index (κ1) is 42.6. The van der Waals surface area contributed by atoms with Crippen molar-refractivity contribution >= 4 is 23.6 Å². The normalized spacial score (nSPS) is 16.1. The Morgan fingerprint density at radius 2 is 1.27 bits per heavy atom. The summed E-state index contributed by atoms with van der Waals surface area (Å²) in [5.74, 6) is -1.12. The molecule has 0 aliphatic carbocycles. The molecule has 1 aliphatic rings. The van der Waals surface area contributed by atoms with E-state index in [1.54, 1.807) is 0 Å². The monoisotopic (exact) mass is 721 g/mol. The van der Waals surface area contributed by atoms with Crippen LogP contribution in [0.3, 0.4) is 0 Å². The second kappa shape index (κ2) is 21.7. The molecule has 11 nitrogen and oxygen atoms in total. The fourth-order valence-corrected chi connectivity index (χ4v) is 6.47. The van der Waals surface area contributed by atoms with Crippen molar-refractivity contribution in [1.29, 1.82) is 0 Å². The van der Waals surface area contributed by atoms with Gasteiger partial charge in [0.05, 0.1) is 31.4 Å². The van der Waals surface area contributed by atoms with Crippen molar-refractivity contribution in [1.82, 2.24) is 26.2 Å².